The van der Waals surface area contributed by atoms with Gasteiger partial charge >= 0.3 is 0 Å². The summed E-state index contributed by atoms with van der Waals surface area (Å²) in [7, 11) is 0. The summed E-state index contributed by atoms with van der Waals surface area (Å²) in [5.41, 5.74) is 10.3. The van der Waals surface area contributed by atoms with Crippen molar-refractivity contribution in [2.45, 2.75) is 85.4 Å². The summed E-state index contributed by atoms with van der Waals surface area (Å²) in [5.74, 6) is 0.670. The zero-order valence-electron chi connectivity index (χ0n) is 42.6. The van der Waals surface area contributed by atoms with Gasteiger partial charge in [0.25, 0.3) is 0 Å². The molecule has 0 bridgehead atoms. The number of nitrogens with zero attached hydrogens (tertiary/aromatic N) is 3. The Bertz CT molecular complexity index is 3160. The molecule has 0 unspecified atom stereocenters. The van der Waals surface area contributed by atoms with E-state index in [1.54, 1.807) is 30.5 Å². The molecule has 0 spiro atoms. The van der Waals surface area contributed by atoms with E-state index in [9.17, 15) is 5.11 Å². The molecule has 0 aliphatic rings. The first-order chi connectivity index (χ1) is 30.8. The normalized spacial score (nSPS) is 14.0. The molecule has 0 atom stereocenters. The minimum atomic E-state index is -2.82. The number of pyridine rings is 1. The van der Waals surface area contributed by atoms with Crippen LogP contribution in [0.5, 0.6) is 5.75 Å². The molecule has 2 aromatic heterocycles. The number of benzene rings is 6. The average Bonchev–Trinajstić information content (AvgIpc) is 3.64. The third-order valence-corrected chi connectivity index (χ3v) is 11.0. The zero-order valence-corrected chi connectivity index (χ0v) is 37.8. The van der Waals surface area contributed by atoms with Crippen molar-refractivity contribution in [2.24, 2.45) is 0 Å². The van der Waals surface area contributed by atoms with E-state index < -0.39 is 36.6 Å². The maximum absolute atomic E-state index is 11.5. The van der Waals surface area contributed by atoms with Crippen molar-refractivity contribution < 1.29 is 35.8 Å². The summed E-state index contributed by atoms with van der Waals surface area (Å²) in [6.07, 6.45) is 1.55. The van der Waals surface area contributed by atoms with Gasteiger partial charge < -0.3 is 5.11 Å². The van der Waals surface area contributed by atoms with E-state index >= 15 is 0 Å². The molecule has 306 valence electrons. The van der Waals surface area contributed by atoms with Crippen molar-refractivity contribution in [2.75, 3.05) is 0 Å². The predicted octanol–water partition coefficient (Wildman–Crippen LogP) is 14.5. The number of aromatic nitrogens is 3. The van der Waals surface area contributed by atoms with Gasteiger partial charge in [-0.05, 0) is 81.2 Å². The van der Waals surface area contributed by atoms with Crippen LogP contribution in [0.25, 0.3) is 72.7 Å². The number of para-hydroxylation sites is 2. The Hall–Kier alpha value is -5.57. The van der Waals surface area contributed by atoms with Gasteiger partial charge in [0.15, 0.2) is 0 Å². The molecule has 0 saturated heterocycles. The van der Waals surface area contributed by atoms with Crippen molar-refractivity contribution in [1.29, 1.82) is 0 Å². The topological polar surface area (TPSA) is 50.9 Å². The van der Waals surface area contributed by atoms with Crippen molar-refractivity contribution in [3.05, 3.63) is 168 Å². The fourth-order valence-corrected chi connectivity index (χ4v) is 7.46. The van der Waals surface area contributed by atoms with Crippen molar-refractivity contribution >= 4 is 11.0 Å². The van der Waals surface area contributed by atoms with E-state index in [-0.39, 0.29) is 48.6 Å². The van der Waals surface area contributed by atoms with Crippen LogP contribution in [-0.2, 0) is 37.3 Å². The first-order valence-electron chi connectivity index (χ1n) is 23.6. The molecule has 4 nitrogen and oxygen atoms in total. The number of rotatable bonds is 6. The second kappa shape index (κ2) is 16.1. The minimum absolute atomic E-state index is 0. The van der Waals surface area contributed by atoms with Crippen LogP contribution in [-0.4, -0.2) is 19.6 Å². The van der Waals surface area contributed by atoms with Gasteiger partial charge in [0, 0.05) is 42.6 Å². The Morgan fingerprint density at radius 1 is 0.600 bits per heavy atom. The number of imidazole rings is 1. The fraction of sp³-hybridized carbons (Fsp3) is 0.236. The number of phenolic OH excluding ortho intramolecular Hbond substituents is 1. The summed E-state index contributed by atoms with van der Waals surface area (Å²) < 4.78 is 60.5. The van der Waals surface area contributed by atoms with Gasteiger partial charge in [-0.15, -0.1) is 29.3 Å². The molecule has 2 heterocycles. The van der Waals surface area contributed by atoms with Crippen molar-refractivity contribution in [3.63, 3.8) is 0 Å². The first-order valence-corrected chi connectivity index (χ1v) is 20.1. The Morgan fingerprint density at radius 3 is 1.92 bits per heavy atom. The van der Waals surface area contributed by atoms with Gasteiger partial charge in [-0.1, -0.05) is 170 Å². The summed E-state index contributed by atoms with van der Waals surface area (Å²) in [6.45, 7) is 16.8. The second-order valence-corrected chi connectivity index (χ2v) is 18.4. The van der Waals surface area contributed by atoms with Crippen LogP contribution in [0.4, 0.5) is 0 Å². The molecule has 8 rings (SSSR count). The molecule has 60 heavy (non-hydrogen) atoms. The molecule has 0 amide bonds. The predicted molar refractivity (Wildman–Crippen MR) is 247 cm³/mol. The number of hydrogen-bond donors (Lipinski definition) is 1. The van der Waals surface area contributed by atoms with Crippen molar-refractivity contribution in [3.8, 4) is 67.5 Å². The largest absolute Gasteiger partial charge is 0.507 e. The summed E-state index contributed by atoms with van der Waals surface area (Å²) in [6, 6.07) is 37.7. The second-order valence-electron chi connectivity index (χ2n) is 18.4. The Balaban J connectivity index is 0.00000666. The third-order valence-electron chi connectivity index (χ3n) is 11.0. The third kappa shape index (κ3) is 8.41. The molecule has 0 radical (unpaired) electrons. The van der Waals surface area contributed by atoms with E-state index in [2.05, 4.69) is 128 Å². The molecule has 0 saturated carbocycles. The van der Waals surface area contributed by atoms with Gasteiger partial charge in [-0.3, -0.25) is 9.55 Å². The standard InChI is InChI=1S/C55H54N3O.Pt/c1-35-18-20-36(21-19-35)38-28-29-56-47(33-38)40-30-39(31-43(32-40)55(8,9)10)45-15-13-16-48-51(45)57-52(46-14-11-12-17-50(46)59)58(48)49-34-42(54(5,6)7)26-27-44(49)37-22-24-41(25-23-37)53(2,3)4;/h11-29,31-34,59H,1-10H3;/q-1;/i1D3,18D,19D,20D,21D;. The zero-order chi connectivity index (χ0) is 47.8. The van der Waals surface area contributed by atoms with Crippen LogP contribution in [0.15, 0.2) is 140 Å². The summed E-state index contributed by atoms with van der Waals surface area (Å²) in [5, 5.41) is 11.5. The number of hydrogen-bond acceptors (Lipinski definition) is 3. The van der Waals surface area contributed by atoms with Crippen LogP contribution >= 0.6 is 0 Å². The van der Waals surface area contributed by atoms with Crippen LogP contribution in [0.2, 0.25) is 0 Å². The molecule has 8 aromatic rings. The molecule has 0 aliphatic carbocycles. The maximum atomic E-state index is 11.5. The van der Waals surface area contributed by atoms with Gasteiger partial charge in [0.2, 0.25) is 0 Å². The first kappa shape index (κ1) is 34.2. The number of aromatic hydroxyl groups is 1. The summed E-state index contributed by atoms with van der Waals surface area (Å²) in [4.78, 5) is 10.2. The molecule has 6 aromatic carbocycles. The summed E-state index contributed by atoms with van der Waals surface area (Å²) >= 11 is 0. The molecule has 0 fully saturated rings. The molecular weight excluding hydrogens is 914 g/mol. The van der Waals surface area contributed by atoms with Gasteiger partial charge in [0.05, 0.1) is 27.8 Å². The Morgan fingerprint density at radius 2 is 1.25 bits per heavy atom. The molecular formula is C55H54N3OPt-. The van der Waals surface area contributed by atoms with Gasteiger partial charge in [0.1, 0.15) is 11.6 Å². The molecule has 0 aliphatic heterocycles. The monoisotopic (exact) mass is 974 g/mol. The van der Waals surface area contributed by atoms with Gasteiger partial charge in [-0.25, -0.2) is 4.98 Å². The molecule has 1 N–H and O–H groups in total. The smallest absolute Gasteiger partial charge is 0.148 e. The minimum Gasteiger partial charge on any atom is -0.507 e. The maximum Gasteiger partial charge on any atom is 0.148 e. The van der Waals surface area contributed by atoms with E-state index in [0.717, 1.165) is 44.6 Å². The van der Waals surface area contributed by atoms with Crippen LogP contribution in [0.1, 0.15) is 94.2 Å². The van der Waals surface area contributed by atoms with Crippen LogP contribution in [0.3, 0.4) is 0 Å². The van der Waals surface area contributed by atoms with E-state index in [0.29, 0.717) is 33.7 Å². The van der Waals surface area contributed by atoms with Crippen LogP contribution < -0.4 is 0 Å². The Kier molecular flexibility index (Phi) is 9.19. The van der Waals surface area contributed by atoms with E-state index in [1.807, 2.05) is 30.3 Å². The van der Waals surface area contributed by atoms with E-state index in [1.165, 1.54) is 5.56 Å². The average molecular weight is 975 g/mol. The fourth-order valence-electron chi connectivity index (χ4n) is 7.46. The van der Waals surface area contributed by atoms with Crippen molar-refractivity contribution in [1.82, 2.24) is 14.5 Å². The molecule has 5 heteroatoms. The quantitative estimate of drug-likeness (QED) is 0.169. The number of fused-ring (bicyclic) bond motifs is 1. The van der Waals surface area contributed by atoms with Crippen LogP contribution in [0, 0.1) is 12.9 Å². The number of phenols is 1. The SMILES string of the molecule is [2H]c1c([2H])c(C([2H])([2H])[2H])c([2H])c([2H])c1-c1ccnc(-c2[c-]c(-c3cccc4c3nc(-c3ccccc3O)n4-c3cc(C(C)(C)C)ccc3-c3ccc(C(C)(C)C)cc3)cc(C(C)(C)C)c2)c1.[Pt]. The van der Waals surface area contributed by atoms with Gasteiger partial charge in [-0.2, -0.15) is 0 Å². The van der Waals surface area contributed by atoms with E-state index in [4.69, 9.17) is 19.6 Å². The Labute approximate surface area is 380 Å².